The highest BCUT2D eigenvalue weighted by Crippen LogP contribution is 2.35. The van der Waals surface area contributed by atoms with Crippen molar-refractivity contribution in [1.29, 1.82) is 0 Å². The largest absolute Gasteiger partial charge is 0.495 e. The average Bonchev–Trinajstić information content (AvgIpc) is 3.00. The molecule has 0 bridgehead atoms. The van der Waals surface area contributed by atoms with E-state index in [9.17, 15) is 19.2 Å². The molecule has 1 heterocycles. The Balaban J connectivity index is 1.49. The van der Waals surface area contributed by atoms with Gasteiger partial charge >= 0.3 is 12.0 Å². The number of para-hydroxylation sites is 1. The van der Waals surface area contributed by atoms with E-state index >= 15 is 0 Å². The van der Waals surface area contributed by atoms with Crippen LogP contribution in [0, 0.1) is 6.92 Å². The first-order valence-electron chi connectivity index (χ1n) is 14.1. The summed E-state index contributed by atoms with van der Waals surface area (Å²) in [5, 5.41) is 5.62. The molecular formula is C33H36N4O6. The fraction of sp³-hybridized carbons (Fsp3) is 0.273. The minimum Gasteiger partial charge on any atom is -0.495 e. The minimum absolute atomic E-state index is 0.0749. The SMILES string of the molecule is C=CC(=O)N1CCN(C(=O)Cc2ccc(NC(=O)Nc3ccccc3C)c(OC)c2)c2ccc(CCC(=O)OCC)cc21. The van der Waals surface area contributed by atoms with Crippen molar-refractivity contribution in [3.8, 4) is 5.75 Å². The number of benzene rings is 3. The van der Waals surface area contributed by atoms with Gasteiger partial charge < -0.3 is 29.9 Å². The normalized spacial score (nSPS) is 12.2. The zero-order chi connectivity index (χ0) is 30.9. The number of methoxy groups -OCH3 is 1. The van der Waals surface area contributed by atoms with Crippen LogP contribution in [0.1, 0.15) is 30.0 Å². The number of anilines is 4. The number of ether oxygens (including phenoxy) is 2. The highest BCUT2D eigenvalue weighted by atomic mass is 16.5. The number of esters is 1. The van der Waals surface area contributed by atoms with Crippen LogP contribution in [0.4, 0.5) is 27.5 Å². The number of nitrogens with zero attached hydrogens (tertiary/aromatic N) is 2. The summed E-state index contributed by atoms with van der Waals surface area (Å²) in [5.74, 6) is -0.306. The fourth-order valence-electron chi connectivity index (χ4n) is 4.90. The van der Waals surface area contributed by atoms with Crippen LogP contribution in [-0.2, 0) is 32.0 Å². The van der Waals surface area contributed by atoms with Gasteiger partial charge in [-0.25, -0.2) is 4.79 Å². The zero-order valence-electron chi connectivity index (χ0n) is 24.6. The zero-order valence-corrected chi connectivity index (χ0v) is 24.6. The lowest BCUT2D eigenvalue weighted by molar-refractivity contribution is -0.143. The highest BCUT2D eigenvalue weighted by molar-refractivity contribution is 6.08. The molecule has 0 saturated heterocycles. The molecular weight excluding hydrogens is 548 g/mol. The Kier molecular flexibility index (Phi) is 10.2. The Morgan fingerprint density at radius 3 is 2.35 bits per heavy atom. The van der Waals surface area contributed by atoms with Crippen molar-refractivity contribution in [2.75, 3.05) is 47.2 Å². The lowest BCUT2D eigenvalue weighted by atomic mass is 10.0. The lowest BCUT2D eigenvalue weighted by Crippen LogP contribution is -2.46. The van der Waals surface area contributed by atoms with Crippen LogP contribution in [0.2, 0.25) is 0 Å². The van der Waals surface area contributed by atoms with Crippen LogP contribution < -0.4 is 25.2 Å². The fourth-order valence-corrected chi connectivity index (χ4v) is 4.90. The second-order valence-electron chi connectivity index (χ2n) is 9.97. The molecule has 0 aliphatic carbocycles. The van der Waals surface area contributed by atoms with Gasteiger partial charge in [0.25, 0.3) is 5.91 Å². The van der Waals surface area contributed by atoms with Gasteiger partial charge in [-0.05, 0) is 73.4 Å². The third-order valence-corrected chi connectivity index (χ3v) is 7.10. The van der Waals surface area contributed by atoms with Crippen LogP contribution in [0.5, 0.6) is 5.75 Å². The predicted molar refractivity (Wildman–Crippen MR) is 167 cm³/mol. The standard InChI is InChI=1S/C33H36N4O6/c1-5-30(38)37-18-17-36(27-15-12-23(19-28(27)37)13-16-32(40)43-6-2)31(39)21-24-11-14-26(29(20-24)42-4)35-33(41)34-25-10-8-7-9-22(25)3/h5,7-12,14-15,19-20H,1,6,13,16-18,21H2,2-4H3,(H2,34,35,41). The number of hydrogen-bond donors (Lipinski definition) is 2. The van der Waals surface area contributed by atoms with E-state index in [4.69, 9.17) is 9.47 Å². The average molecular weight is 585 g/mol. The number of aryl methyl sites for hydroxylation is 2. The number of carbonyl (C=O) groups excluding carboxylic acids is 4. The quantitative estimate of drug-likeness (QED) is 0.248. The van der Waals surface area contributed by atoms with Gasteiger partial charge in [0.15, 0.2) is 0 Å². The number of amides is 4. The molecule has 43 heavy (non-hydrogen) atoms. The molecule has 0 unspecified atom stereocenters. The first-order valence-corrected chi connectivity index (χ1v) is 14.1. The molecule has 10 nitrogen and oxygen atoms in total. The van der Waals surface area contributed by atoms with Gasteiger partial charge in [-0.2, -0.15) is 0 Å². The van der Waals surface area contributed by atoms with E-state index < -0.39 is 6.03 Å². The van der Waals surface area contributed by atoms with Crippen molar-refractivity contribution >= 4 is 46.6 Å². The first kappa shape index (κ1) is 30.8. The lowest BCUT2D eigenvalue weighted by Gasteiger charge is -2.36. The van der Waals surface area contributed by atoms with E-state index in [-0.39, 0.29) is 30.6 Å². The summed E-state index contributed by atoms with van der Waals surface area (Å²) in [6, 6.07) is 17.7. The van der Waals surface area contributed by atoms with Crippen LogP contribution in [-0.4, -0.2) is 50.6 Å². The second kappa shape index (κ2) is 14.2. The smallest absolute Gasteiger partial charge is 0.323 e. The van der Waals surface area contributed by atoms with Crippen molar-refractivity contribution < 1.29 is 28.7 Å². The molecule has 10 heteroatoms. The molecule has 0 spiro atoms. The number of rotatable bonds is 10. The van der Waals surface area contributed by atoms with Gasteiger partial charge in [0.2, 0.25) is 5.91 Å². The minimum atomic E-state index is -0.415. The maximum absolute atomic E-state index is 13.6. The van der Waals surface area contributed by atoms with Crippen molar-refractivity contribution in [2.45, 2.75) is 33.1 Å². The Bertz CT molecular complexity index is 1540. The summed E-state index contributed by atoms with van der Waals surface area (Å²) in [4.78, 5) is 53.9. The summed E-state index contributed by atoms with van der Waals surface area (Å²) in [7, 11) is 1.50. The van der Waals surface area contributed by atoms with E-state index in [0.29, 0.717) is 60.2 Å². The number of fused-ring (bicyclic) bond motifs is 1. The second-order valence-corrected chi connectivity index (χ2v) is 9.97. The Morgan fingerprint density at radius 2 is 1.63 bits per heavy atom. The van der Waals surface area contributed by atoms with Gasteiger partial charge in [0.05, 0.1) is 37.2 Å². The molecule has 0 aromatic heterocycles. The van der Waals surface area contributed by atoms with E-state index in [1.165, 1.54) is 13.2 Å². The highest BCUT2D eigenvalue weighted by Gasteiger charge is 2.29. The third-order valence-electron chi connectivity index (χ3n) is 7.10. The number of hydrogen-bond acceptors (Lipinski definition) is 6. The summed E-state index contributed by atoms with van der Waals surface area (Å²) in [6.07, 6.45) is 1.98. The molecule has 224 valence electrons. The van der Waals surface area contributed by atoms with Crippen LogP contribution in [0.3, 0.4) is 0 Å². The van der Waals surface area contributed by atoms with Gasteiger partial charge in [-0.1, -0.05) is 36.9 Å². The molecule has 0 fully saturated rings. The molecule has 4 rings (SSSR count). The van der Waals surface area contributed by atoms with Gasteiger partial charge in [0.1, 0.15) is 5.75 Å². The van der Waals surface area contributed by atoms with E-state index in [2.05, 4.69) is 17.2 Å². The Hall–Kier alpha value is -5.12. The summed E-state index contributed by atoms with van der Waals surface area (Å²) < 4.78 is 10.5. The maximum Gasteiger partial charge on any atom is 0.323 e. The van der Waals surface area contributed by atoms with Crippen molar-refractivity contribution in [2.24, 2.45) is 0 Å². The monoisotopic (exact) mass is 584 g/mol. The molecule has 2 N–H and O–H groups in total. The number of nitrogens with one attached hydrogen (secondary N) is 2. The van der Waals surface area contributed by atoms with Crippen LogP contribution >= 0.6 is 0 Å². The van der Waals surface area contributed by atoms with Gasteiger partial charge in [-0.3, -0.25) is 14.4 Å². The van der Waals surface area contributed by atoms with E-state index in [0.717, 1.165) is 11.1 Å². The Labute approximate surface area is 251 Å². The molecule has 3 aromatic rings. The van der Waals surface area contributed by atoms with Gasteiger partial charge in [-0.15, -0.1) is 0 Å². The number of carbonyl (C=O) groups is 4. The summed E-state index contributed by atoms with van der Waals surface area (Å²) in [5.41, 5.74) is 4.82. The van der Waals surface area contributed by atoms with Crippen LogP contribution in [0.25, 0.3) is 0 Å². The summed E-state index contributed by atoms with van der Waals surface area (Å²) in [6.45, 7) is 8.20. The predicted octanol–water partition coefficient (Wildman–Crippen LogP) is 5.25. The molecule has 0 saturated carbocycles. The molecule has 1 aliphatic heterocycles. The molecule has 1 aliphatic rings. The Morgan fingerprint density at radius 1 is 0.907 bits per heavy atom. The molecule has 4 amide bonds. The van der Waals surface area contributed by atoms with Crippen molar-refractivity contribution in [1.82, 2.24) is 0 Å². The molecule has 0 atom stereocenters. The third kappa shape index (κ3) is 7.59. The first-order chi connectivity index (χ1) is 20.7. The van der Waals surface area contributed by atoms with Crippen molar-refractivity contribution in [3.63, 3.8) is 0 Å². The van der Waals surface area contributed by atoms with E-state index in [1.807, 2.05) is 43.3 Å². The molecule has 3 aromatic carbocycles. The molecule has 0 radical (unpaired) electrons. The summed E-state index contributed by atoms with van der Waals surface area (Å²) >= 11 is 0. The van der Waals surface area contributed by atoms with Gasteiger partial charge in [0, 0.05) is 25.2 Å². The van der Waals surface area contributed by atoms with Crippen LogP contribution in [0.15, 0.2) is 73.3 Å². The van der Waals surface area contributed by atoms with E-state index in [1.54, 1.807) is 41.0 Å². The maximum atomic E-state index is 13.6. The number of urea groups is 1. The topological polar surface area (TPSA) is 117 Å². The van der Waals surface area contributed by atoms with Crippen molar-refractivity contribution in [3.05, 3.63) is 90.0 Å².